The number of phenolic OH excluding ortho intramolecular Hbond substituents is 2. The summed E-state index contributed by atoms with van der Waals surface area (Å²) in [7, 11) is 3.02. The molecule has 244 valence electrons. The number of ether oxygens (including phenoxy) is 2. The van der Waals surface area contributed by atoms with Crippen molar-refractivity contribution in [3.63, 3.8) is 0 Å². The van der Waals surface area contributed by atoms with Gasteiger partial charge in [0, 0.05) is 25.9 Å². The number of nitrogens with one attached hydrogen (secondary N) is 2. The third-order valence-corrected chi connectivity index (χ3v) is 7.68. The zero-order valence-electron chi connectivity index (χ0n) is 26.9. The lowest BCUT2D eigenvalue weighted by Crippen LogP contribution is -2.22. The highest BCUT2D eigenvalue weighted by atomic mass is 16.5. The maximum atomic E-state index is 12.1. The molecule has 0 saturated carbocycles. The minimum Gasteiger partial charge on any atom is -0.504 e. The lowest BCUT2D eigenvalue weighted by Gasteiger charge is -2.08. The molecule has 8 nitrogen and oxygen atoms in total. The van der Waals surface area contributed by atoms with E-state index in [9.17, 15) is 19.8 Å². The molecule has 0 aliphatic carbocycles. The molecule has 0 saturated heterocycles. The van der Waals surface area contributed by atoms with Crippen LogP contribution < -0.4 is 20.1 Å². The Morgan fingerprint density at radius 3 is 1.36 bits per heavy atom. The number of methoxy groups -OCH3 is 2. The number of benzene rings is 2. The molecule has 2 aromatic rings. The van der Waals surface area contributed by atoms with Crippen molar-refractivity contribution in [2.45, 2.75) is 116 Å². The molecule has 0 aliphatic rings. The second-order valence-corrected chi connectivity index (χ2v) is 11.4. The zero-order valence-corrected chi connectivity index (χ0v) is 26.9. The summed E-state index contributed by atoms with van der Waals surface area (Å²) in [5, 5.41) is 25.5. The van der Waals surface area contributed by atoms with Crippen molar-refractivity contribution in [2.75, 3.05) is 14.2 Å². The predicted molar refractivity (Wildman–Crippen MR) is 176 cm³/mol. The van der Waals surface area contributed by atoms with E-state index in [1.54, 1.807) is 24.3 Å². The smallest absolute Gasteiger partial charge is 0.220 e. The fourth-order valence-corrected chi connectivity index (χ4v) is 5.01. The largest absolute Gasteiger partial charge is 0.504 e. The molecule has 0 bridgehead atoms. The molecule has 0 unspecified atom stereocenters. The van der Waals surface area contributed by atoms with E-state index >= 15 is 0 Å². The molecular formula is C36H54N2O6. The van der Waals surface area contributed by atoms with E-state index in [1.807, 2.05) is 12.1 Å². The van der Waals surface area contributed by atoms with E-state index < -0.39 is 0 Å². The summed E-state index contributed by atoms with van der Waals surface area (Å²) in [5.41, 5.74) is 1.70. The van der Waals surface area contributed by atoms with E-state index in [0.29, 0.717) is 37.4 Å². The summed E-state index contributed by atoms with van der Waals surface area (Å²) < 4.78 is 10.1. The second kappa shape index (κ2) is 22.8. The van der Waals surface area contributed by atoms with Crippen molar-refractivity contribution in [3.8, 4) is 23.0 Å². The zero-order chi connectivity index (χ0) is 31.8. The predicted octanol–water partition coefficient (Wildman–Crippen LogP) is 7.85. The summed E-state index contributed by atoms with van der Waals surface area (Å²) in [6.07, 6.45) is 21.7. The van der Waals surface area contributed by atoms with Gasteiger partial charge in [0.25, 0.3) is 0 Å². The maximum absolute atomic E-state index is 12.1. The Balaban J connectivity index is 1.31. The number of rotatable bonds is 24. The SMILES string of the molecule is COc1ccc(CNC(=O)CCCC/C=C/CCCCCCCCCCCCC(=O)NCc2ccc(OC)c(O)c2)cc1O. The van der Waals surface area contributed by atoms with Crippen LogP contribution in [-0.4, -0.2) is 36.2 Å². The first kappa shape index (κ1) is 36.5. The van der Waals surface area contributed by atoms with Gasteiger partial charge in [-0.05, 0) is 73.9 Å². The first-order chi connectivity index (χ1) is 21.4. The van der Waals surface area contributed by atoms with Crippen molar-refractivity contribution in [1.29, 1.82) is 0 Å². The standard InChI is InChI=1S/C36H54N2O6/c1-43-33-23-21-29(25-31(33)39)27-37-35(41)19-17-15-13-11-9-7-5-3-4-6-8-10-12-14-16-18-20-36(42)38-28-30-22-24-34(44-2)32(40)26-30/h9,11,21-26,39-40H,3-8,10,12-20,27-28H2,1-2H3,(H,37,41)(H,38,42)/b11-9+. The second-order valence-electron chi connectivity index (χ2n) is 11.4. The highest BCUT2D eigenvalue weighted by Gasteiger charge is 2.06. The minimum absolute atomic E-state index is 0.0366. The first-order valence-electron chi connectivity index (χ1n) is 16.3. The average Bonchev–Trinajstić information content (AvgIpc) is 3.02. The van der Waals surface area contributed by atoms with E-state index in [2.05, 4.69) is 22.8 Å². The molecule has 0 fully saturated rings. The van der Waals surface area contributed by atoms with Crippen LogP contribution in [0.2, 0.25) is 0 Å². The number of aromatic hydroxyl groups is 2. The van der Waals surface area contributed by atoms with Gasteiger partial charge in [0.05, 0.1) is 14.2 Å². The van der Waals surface area contributed by atoms with Crippen molar-refractivity contribution in [1.82, 2.24) is 10.6 Å². The van der Waals surface area contributed by atoms with Gasteiger partial charge < -0.3 is 30.3 Å². The quantitative estimate of drug-likeness (QED) is 0.0711. The molecule has 44 heavy (non-hydrogen) atoms. The Labute approximate surface area is 264 Å². The van der Waals surface area contributed by atoms with Crippen LogP contribution in [0.1, 0.15) is 114 Å². The van der Waals surface area contributed by atoms with Gasteiger partial charge >= 0.3 is 0 Å². The normalized spacial score (nSPS) is 11.0. The number of carbonyl (C=O) groups is 2. The number of hydrogen-bond donors (Lipinski definition) is 4. The van der Waals surface area contributed by atoms with Crippen LogP contribution in [0.4, 0.5) is 0 Å². The third kappa shape index (κ3) is 16.2. The highest BCUT2D eigenvalue weighted by Crippen LogP contribution is 2.27. The Bertz CT molecular complexity index is 1130. The number of unbranched alkanes of at least 4 members (excludes halogenated alkanes) is 12. The summed E-state index contributed by atoms with van der Waals surface area (Å²) in [5.74, 6) is 1.11. The van der Waals surface area contributed by atoms with Crippen molar-refractivity contribution in [2.24, 2.45) is 0 Å². The molecule has 4 N–H and O–H groups in total. The fraction of sp³-hybridized carbons (Fsp3) is 0.556. The number of carbonyl (C=O) groups excluding carboxylic acids is 2. The van der Waals surface area contributed by atoms with E-state index in [4.69, 9.17) is 9.47 Å². The fourth-order valence-electron chi connectivity index (χ4n) is 5.01. The first-order valence-corrected chi connectivity index (χ1v) is 16.3. The lowest BCUT2D eigenvalue weighted by atomic mass is 10.0. The van der Waals surface area contributed by atoms with Gasteiger partial charge in [-0.25, -0.2) is 0 Å². The monoisotopic (exact) mass is 610 g/mol. The lowest BCUT2D eigenvalue weighted by molar-refractivity contribution is -0.122. The number of amides is 2. The molecule has 0 aromatic heterocycles. The van der Waals surface area contributed by atoms with Crippen LogP contribution in [0.3, 0.4) is 0 Å². The maximum Gasteiger partial charge on any atom is 0.220 e. The van der Waals surface area contributed by atoms with Crippen LogP contribution in [0.25, 0.3) is 0 Å². The molecule has 0 heterocycles. The van der Waals surface area contributed by atoms with Crippen LogP contribution in [-0.2, 0) is 22.7 Å². The van der Waals surface area contributed by atoms with Crippen molar-refractivity contribution >= 4 is 11.8 Å². The van der Waals surface area contributed by atoms with E-state index in [0.717, 1.165) is 49.7 Å². The van der Waals surface area contributed by atoms with Crippen LogP contribution in [0, 0.1) is 0 Å². The number of phenols is 2. The molecular weight excluding hydrogens is 556 g/mol. The number of allylic oxidation sites excluding steroid dienone is 2. The molecule has 2 amide bonds. The van der Waals surface area contributed by atoms with Gasteiger partial charge in [0.2, 0.25) is 11.8 Å². The molecule has 0 spiro atoms. The Morgan fingerprint density at radius 2 is 0.955 bits per heavy atom. The van der Waals surface area contributed by atoms with Gasteiger partial charge in [-0.3, -0.25) is 9.59 Å². The Morgan fingerprint density at radius 1 is 0.591 bits per heavy atom. The van der Waals surface area contributed by atoms with Crippen LogP contribution in [0.15, 0.2) is 48.6 Å². The third-order valence-electron chi connectivity index (χ3n) is 7.68. The van der Waals surface area contributed by atoms with Crippen molar-refractivity contribution < 1.29 is 29.3 Å². The summed E-state index contributed by atoms with van der Waals surface area (Å²) in [6, 6.07) is 10.3. The molecule has 2 rings (SSSR count). The summed E-state index contributed by atoms with van der Waals surface area (Å²) in [6.45, 7) is 0.816. The Hall–Kier alpha value is -3.68. The number of hydrogen-bond acceptors (Lipinski definition) is 6. The summed E-state index contributed by atoms with van der Waals surface area (Å²) in [4.78, 5) is 24.1. The Kier molecular flexibility index (Phi) is 18.9. The van der Waals surface area contributed by atoms with Crippen LogP contribution >= 0.6 is 0 Å². The summed E-state index contributed by atoms with van der Waals surface area (Å²) >= 11 is 0. The average molecular weight is 611 g/mol. The van der Waals surface area contributed by atoms with Gasteiger partial charge in [0.1, 0.15) is 0 Å². The molecule has 2 aromatic carbocycles. The molecule has 0 aliphatic heterocycles. The van der Waals surface area contributed by atoms with E-state index in [1.165, 1.54) is 65.6 Å². The van der Waals surface area contributed by atoms with Gasteiger partial charge in [-0.15, -0.1) is 0 Å². The molecule has 8 heteroatoms. The van der Waals surface area contributed by atoms with Crippen molar-refractivity contribution in [3.05, 3.63) is 59.7 Å². The molecule has 0 radical (unpaired) electrons. The van der Waals surface area contributed by atoms with Gasteiger partial charge in [0.15, 0.2) is 23.0 Å². The molecule has 0 atom stereocenters. The van der Waals surface area contributed by atoms with Gasteiger partial charge in [-0.2, -0.15) is 0 Å². The minimum atomic E-state index is 0.0366. The van der Waals surface area contributed by atoms with Gasteiger partial charge in [-0.1, -0.05) is 75.7 Å². The van der Waals surface area contributed by atoms with Crippen LogP contribution in [0.5, 0.6) is 23.0 Å². The highest BCUT2D eigenvalue weighted by molar-refractivity contribution is 5.76. The van der Waals surface area contributed by atoms with E-state index in [-0.39, 0.29) is 23.3 Å². The topological polar surface area (TPSA) is 117 Å².